The zero-order chi connectivity index (χ0) is 11.3. The highest BCUT2D eigenvalue weighted by Gasteiger charge is 2.33. The molecule has 0 saturated heterocycles. The number of hydrogen-bond donors (Lipinski definition) is 6. The average molecular weight is 210 g/mol. The first kappa shape index (κ1) is 13.3. The van der Waals surface area contributed by atoms with Crippen LogP contribution >= 0.6 is 0 Å². The Morgan fingerprint density at radius 3 is 1.93 bits per heavy atom. The fraction of sp³-hybridized carbons (Fsp3) is 0.857. The molecule has 4 atom stereocenters. The molecule has 0 amide bonds. The molecule has 0 aliphatic rings. The molecule has 0 saturated carbocycles. The Balaban J connectivity index is 4.22. The SMILES string of the molecule is O=C(O)C(O)C(O)C(O)C(O)CCO. The van der Waals surface area contributed by atoms with Gasteiger partial charge in [-0.25, -0.2) is 4.79 Å². The number of aliphatic hydroxyl groups is 5. The Bertz CT molecular complexity index is 183. The van der Waals surface area contributed by atoms with E-state index in [1.54, 1.807) is 0 Å². The second-order valence-corrected chi connectivity index (χ2v) is 2.84. The largest absolute Gasteiger partial charge is 0.479 e. The lowest BCUT2D eigenvalue weighted by molar-refractivity contribution is -0.163. The third-order valence-corrected chi connectivity index (χ3v) is 1.75. The first-order valence-corrected chi connectivity index (χ1v) is 3.97. The van der Waals surface area contributed by atoms with E-state index in [1.165, 1.54) is 0 Å². The third-order valence-electron chi connectivity index (χ3n) is 1.75. The standard InChI is InChI=1S/C7H14O7/c8-2-1-3(9)4(10)5(11)6(12)7(13)14/h3-6,8-12H,1-2H2,(H,13,14). The summed E-state index contributed by atoms with van der Waals surface area (Å²) in [4.78, 5) is 10.2. The van der Waals surface area contributed by atoms with Crippen molar-refractivity contribution in [2.45, 2.75) is 30.8 Å². The lowest BCUT2D eigenvalue weighted by Crippen LogP contribution is -2.47. The molecular formula is C7H14O7. The Morgan fingerprint density at radius 2 is 1.57 bits per heavy atom. The number of aliphatic carboxylic acids is 1. The Morgan fingerprint density at radius 1 is 1.07 bits per heavy atom. The van der Waals surface area contributed by atoms with Crippen LogP contribution in [0.4, 0.5) is 0 Å². The molecule has 14 heavy (non-hydrogen) atoms. The van der Waals surface area contributed by atoms with Crippen LogP contribution in [0.5, 0.6) is 0 Å². The van der Waals surface area contributed by atoms with Crippen LogP contribution < -0.4 is 0 Å². The Hall–Kier alpha value is -0.730. The van der Waals surface area contributed by atoms with Gasteiger partial charge in [0.25, 0.3) is 0 Å². The zero-order valence-corrected chi connectivity index (χ0v) is 7.32. The molecular weight excluding hydrogens is 196 g/mol. The van der Waals surface area contributed by atoms with Gasteiger partial charge in [0.15, 0.2) is 6.10 Å². The van der Waals surface area contributed by atoms with E-state index in [1.807, 2.05) is 0 Å². The van der Waals surface area contributed by atoms with Crippen molar-refractivity contribution < 1.29 is 35.4 Å². The van der Waals surface area contributed by atoms with Crippen LogP contribution in [0.25, 0.3) is 0 Å². The minimum Gasteiger partial charge on any atom is -0.479 e. The van der Waals surface area contributed by atoms with Crippen molar-refractivity contribution >= 4 is 5.97 Å². The van der Waals surface area contributed by atoms with Crippen LogP contribution in [0.1, 0.15) is 6.42 Å². The lowest BCUT2D eigenvalue weighted by atomic mass is 10.0. The normalized spacial score (nSPS) is 19.8. The second-order valence-electron chi connectivity index (χ2n) is 2.84. The summed E-state index contributed by atoms with van der Waals surface area (Å²) >= 11 is 0. The highest BCUT2D eigenvalue weighted by molar-refractivity contribution is 5.72. The highest BCUT2D eigenvalue weighted by atomic mass is 16.4. The molecule has 7 nitrogen and oxygen atoms in total. The van der Waals surface area contributed by atoms with Gasteiger partial charge in [-0.2, -0.15) is 0 Å². The number of hydrogen-bond acceptors (Lipinski definition) is 6. The quantitative estimate of drug-likeness (QED) is 0.273. The van der Waals surface area contributed by atoms with Crippen molar-refractivity contribution in [3.63, 3.8) is 0 Å². The summed E-state index contributed by atoms with van der Waals surface area (Å²) in [5.74, 6) is -1.70. The van der Waals surface area contributed by atoms with Crippen molar-refractivity contribution in [3.05, 3.63) is 0 Å². The van der Waals surface area contributed by atoms with E-state index < -0.39 is 37.0 Å². The van der Waals surface area contributed by atoms with Crippen LogP contribution in [0.2, 0.25) is 0 Å². The summed E-state index contributed by atoms with van der Waals surface area (Å²) in [6.45, 7) is -0.423. The molecule has 0 aliphatic carbocycles. The predicted octanol–water partition coefficient (Wildman–Crippen LogP) is -3.10. The van der Waals surface area contributed by atoms with Crippen LogP contribution in [-0.4, -0.2) is 67.6 Å². The van der Waals surface area contributed by atoms with E-state index in [-0.39, 0.29) is 6.42 Å². The van der Waals surface area contributed by atoms with E-state index in [0.29, 0.717) is 0 Å². The average Bonchev–Trinajstić information content (AvgIpc) is 2.14. The van der Waals surface area contributed by atoms with E-state index in [0.717, 1.165) is 0 Å². The number of rotatable bonds is 6. The first-order chi connectivity index (χ1) is 6.41. The summed E-state index contributed by atoms with van der Waals surface area (Å²) in [6, 6.07) is 0. The molecule has 4 unspecified atom stereocenters. The minimum atomic E-state index is -2.17. The summed E-state index contributed by atoms with van der Waals surface area (Å²) < 4.78 is 0. The molecule has 0 bridgehead atoms. The number of aliphatic hydroxyl groups excluding tert-OH is 5. The van der Waals surface area contributed by atoms with Gasteiger partial charge in [0.1, 0.15) is 12.2 Å². The van der Waals surface area contributed by atoms with Gasteiger partial charge in [0, 0.05) is 6.61 Å². The number of carboxylic acid groups (broad SMARTS) is 1. The van der Waals surface area contributed by atoms with Crippen molar-refractivity contribution in [2.75, 3.05) is 6.61 Å². The fourth-order valence-electron chi connectivity index (χ4n) is 0.863. The molecule has 0 aromatic heterocycles. The van der Waals surface area contributed by atoms with Crippen LogP contribution in [0.15, 0.2) is 0 Å². The number of carbonyl (C=O) groups is 1. The molecule has 0 heterocycles. The van der Waals surface area contributed by atoms with Crippen LogP contribution in [0, 0.1) is 0 Å². The fourth-order valence-corrected chi connectivity index (χ4v) is 0.863. The maximum atomic E-state index is 10.2. The molecule has 0 rings (SSSR count). The molecule has 0 aromatic rings. The van der Waals surface area contributed by atoms with Crippen LogP contribution in [-0.2, 0) is 4.79 Å². The van der Waals surface area contributed by atoms with Gasteiger partial charge in [0.2, 0.25) is 0 Å². The lowest BCUT2D eigenvalue weighted by Gasteiger charge is -2.23. The molecule has 0 radical (unpaired) electrons. The maximum absolute atomic E-state index is 10.2. The Kier molecular flexibility index (Phi) is 5.58. The summed E-state index contributed by atoms with van der Waals surface area (Å²) in [7, 11) is 0. The van der Waals surface area contributed by atoms with Crippen LogP contribution in [0.3, 0.4) is 0 Å². The van der Waals surface area contributed by atoms with Crippen molar-refractivity contribution in [1.82, 2.24) is 0 Å². The van der Waals surface area contributed by atoms with Gasteiger partial charge < -0.3 is 30.6 Å². The molecule has 0 aromatic carbocycles. The first-order valence-electron chi connectivity index (χ1n) is 3.97. The van der Waals surface area contributed by atoms with Crippen molar-refractivity contribution in [3.8, 4) is 0 Å². The molecule has 7 heteroatoms. The third kappa shape index (κ3) is 3.56. The van der Waals surface area contributed by atoms with Gasteiger partial charge in [-0.15, -0.1) is 0 Å². The molecule has 6 N–H and O–H groups in total. The predicted molar refractivity (Wildman–Crippen MR) is 43.4 cm³/mol. The van der Waals surface area contributed by atoms with E-state index in [9.17, 15) is 4.79 Å². The zero-order valence-electron chi connectivity index (χ0n) is 7.32. The van der Waals surface area contributed by atoms with Crippen molar-refractivity contribution in [2.24, 2.45) is 0 Å². The highest BCUT2D eigenvalue weighted by Crippen LogP contribution is 2.07. The molecule has 0 aliphatic heterocycles. The van der Waals surface area contributed by atoms with Gasteiger partial charge in [-0.1, -0.05) is 0 Å². The van der Waals surface area contributed by atoms with Gasteiger partial charge in [0.05, 0.1) is 6.10 Å². The van der Waals surface area contributed by atoms with E-state index in [4.69, 9.17) is 30.6 Å². The van der Waals surface area contributed by atoms with Crippen molar-refractivity contribution in [1.29, 1.82) is 0 Å². The second kappa shape index (κ2) is 5.89. The monoisotopic (exact) mass is 210 g/mol. The summed E-state index contributed by atoms with van der Waals surface area (Å²) in [5, 5.41) is 52.6. The molecule has 84 valence electrons. The maximum Gasteiger partial charge on any atom is 0.335 e. The summed E-state index contributed by atoms with van der Waals surface area (Å²) in [6.07, 6.45) is -7.67. The van der Waals surface area contributed by atoms with E-state index in [2.05, 4.69) is 0 Å². The van der Waals surface area contributed by atoms with Gasteiger partial charge in [-0.3, -0.25) is 0 Å². The minimum absolute atomic E-state index is 0.218. The molecule has 0 fully saturated rings. The topological polar surface area (TPSA) is 138 Å². The van der Waals surface area contributed by atoms with Gasteiger partial charge >= 0.3 is 5.97 Å². The van der Waals surface area contributed by atoms with Gasteiger partial charge in [-0.05, 0) is 6.42 Å². The Labute approximate surface area is 79.9 Å². The number of carboxylic acids is 1. The smallest absolute Gasteiger partial charge is 0.335 e. The summed E-state index contributed by atoms with van der Waals surface area (Å²) in [5.41, 5.74) is 0. The van der Waals surface area contributed by atoms with E-state index >= 15 is 0 Å². The molecule has 0 spiro atoms.